The molecule has 0 atom stereocenters. The van der Waals surface area contributed by atoms with Gasteiger partial charge in [0.05, 0.1) is 5.69 Å². The summed E-state index contributed by atoms with van der Waals surface area (Å²) in [6.07, 6.45) is 0. The second-order valence-electron chi connectivity index (χ2n) is 4.14. The van der Waals surface area contributed by atoms with Crippen LogP contribution >= 0.6 is 0 Å². The lowest BCUT2D eigenvalue weighted by atomic mass is 10.3. The highest BCUT2D eigenvalue weighted by Gasteiger charge is 2.16. The number of nitrogens with zero attached hydrogens (tertiary/aromatic N) is 3. The van der Waals surface area contributed by atoms with E-state index in [9.17, 15) is 4.79 Å². The molecule has 0 saturated heterocycles. The molecule has 0 spiro atoms. The first-order chi connectivity index (χ1) is 8.08. The van der Waals surface area contributed by atoms with E-state index in [-0.39, 0.29) is 5.56 Å². The molecule has 2 aromatic rings. The minimum Gasteiger partial charge on any atom is -0.368 e. The molecule has 0 aliphatic rings. The van der Waals surface area contributed by atoms with Gasteiger partial charge in [-0.2, -0.15) is 5.10 Å². The number of rotatable bonds is 3. The van der Waals surface area contributed by atoms with E-state index < -0.39 is 0 Å². The topological polar surface area (TPSA) is 53.4 Å². The Bertz CT molecular complexity index is 592. The Hall–Kier alpha value is -1.78. The van der Waals surface area contributed by atoms with Crippen LogP contribution < -0.4 is 10.5 Å². The molecule has 0 radical (unpaired) electrons. The van der Waals surface area contributed by atoms with Crippen LogP contribution in [-0.2, 0) is 0 Å². The predicted molar refractivity (Wildman–Crippen MR) is 68.8 cm³/mol. The van der Waals surface area contributed by atoms with Crippen LogP contribution in [0.15, 0.2) is 10.9 Å². The van der Waals surface area contributed by atoms with E-state index >= 15 is 0 Å². The van der Waals surface area contributed by atoms with Gasteiger partial charge in [-0.15, -0.1) is 0 Å². The number of nitrogens with one attached hydrogen (secondary N) is 1. The third kappa shape index (κ3) is 1.81. The molecule has 2 heterocycles. The molecule has 0 aliphatic carbocycles. The normalized spacial score (nSPS) is 11.1. The van der Waals surface area contributed by atoms with Crippen molar-refractivity contribution in [3.8, 4) is 0 Å². The van der Waals surface area contributed by atoms with Crippen molar-refractivity contribution in [3.63, 3.8) is 0 Å². The van der Waals surface area contributed by atoms with Gasteiger partial charge in [-0.25, -0.2) is 4.52 Å². The van der Waals surface area contributed by atoms with Crippen LogP contribution in [0.4, 0.5) is 5.69 Å². The fourth-order valence-corrected chi connectivity index (χ4v) is 2.21. The highest BCUT2D eigenvalue weighted by molar-refractivity contribution is 5.71. The van der Waals surface area contributed by atoms with Crippen LogP contribution in [0.2, 0.25) is 0 Å². The second kappa shape index (κ2) is 4.24. The van der Waals surface area contributed by atoms with E-state index in [2.05, 4.69) is 28.8 Å². The summed E-state index contributed by atoms with van der Waals surface area (Å²) in [6.45, 7) is 9.85. The minimum atomic E-state index is -0.0803. The molecular weight excluding hydrogens is 216 g/mol. The number of H-pyrrole nitrogens is 1. The van der Waals surface area contributed by atoms with Crippen molar-refractivity contribution in [1.82, 2.24) is 14.6 Å². The zero-order valence-corrected chi connectivity index (χ0v) is 10.7. The summed E-state index contributed by atoms with van der Waals surface area (Å²) in [7, 11) is 0. The van der Waals surface area contributed by atoms with Crippen molar-refractivity contribution in [2.24, 2.45) is 0 Å². The fourth-order valence-electron chi connectivity index (χ4n) is 2.21. The van der Waals surface area contributed by atoms with Gasteiger partial charge >= 0.3 is 0 Å². The van der Waals surface area contributed by atoms with Crippen molar-refractivity contribution in [1.29, 1.82) is 0 Å². The maximum atomic E-state index is 11.5. The quantitative estimate of drug-likeness (QED) is 0.875. The van der Waals surface area contributed by atoms with Gasteiger partial charge in [0, 0.05) is 24.8 Å². The van der Waals surface area contributed by atoms with Crippen LogP contribution in [0.1, 0.15) is 25.2 Å². The second-order valence-corrected chi connectivity index (χ2v) is 4.14. The molecule has 0 amide bonds. The molecule has 2 rings (SSSR count). The third-order valence-corrected chi connectivity index (χ3v) is 3.02. The lowest BCUT2D eigenvalue weighted by molar-refractivity contribution is 0.863. The average Bonchev–Trinajstić information content (AvgIpc) is 2.59. The van der Waals surface area contributed by atoms with Gasteiger partial charge in [-0.1, -0.05) is 0 Å². The number of aromatic nitrogens is 3. The fraction of sp³-hybridized carbons (Fsp3) is 0.500. The number of aryl methyl sites for hydroxylation is 2. The first kappa shape index (κ1) is 11.7. The van der Waals surface area contributed by atoms with E-state index in [1.807, 2.05) is 13.8 Å². The summed E-state index contributed by atoms with van der Waals surface area (Å²) >= 11 is 0. The van der Waals surface area contributed by atoms with E-state index in [1.165, 1.54) is 0 Å². The molecule has 0 bridgehead atoms. The molecule has 0 fully saturated rings. The Morgan fingerprint density at radius 2 is 2.00 bits per heavy atom. The van der Waals surface area contributed by atoms with E-state index in [1.54, 1.807) is 10.6 Å². The van der Waals surface area contributed by atoms with E-state index in [0.29, 0.717) is 0 Å². The van der Waals surface area contributed by atoms with Crippen LogP contribution in [0.5, 0.6) is 0 Å². The number of aromatic amines is 1. The minimum absolute atomic E-state index is 0.0803. The van der Waals surface area contributed by atoms with Crippen molar-refractivity contribution >= 4 is 11.3 Å². The predicted octanol–water partition coefficient (Wildman–Crippen LogP) is 1.49. The molecule has 5 nitrogen and oxygen atoms in total. The van der Waals surface area contributed by atoms with Crippen LogP contribution in [0.3, 0.4) is 0 Å². The van der Waals surface area contributed by atoms with Gasteiger partial charge in [0.1, 0.15) is 5.69 Å². The number of hydrogen-bond donors (Lipinski definition) is 1. The highest BCUT2D eigenvalue weighted by Crippen LogP contribution is 2.23. The van der Waals surface area contributed by atoms with E-state index in [4.69, 9.17) is 0 Å². The molecule has 0 unspecified atom stereocenters. The molecule has 17 heavy (non-hydrogen) atoms. The molecule has 1 N–H and O–H groups in total. The summed E-state index contributed by atoms with van der Waals surface area (Å²) in [5.74, 6) is 0. The zero-order chi connectivity index (χ0) is 12.6. The molecule has 0 aliphatic heterocycles. The van der Waals surface area contributed by atoms with Gasteiger partial charge in [0.25, 0.3) is 5.56 Å². The van der Waals surface area contributed by atoms with Gasteiger partial charge < -0.3 is 9.88 Å². The average molecular weight is 234 g/mol. The SMILES string of the molecule is CCN(CC)c1c(C)nn2c(C)cc(=O)[nH]c12. The molecule has 0 saturated carbocycles. The largest absolute Gasteiger partial charge is 0.368 e. The Balaban J connectivity index is 2.78. The molecular formula is C12H18N4O. The van der Waals surface area contributed by atoms with Gasteiger partial charge in [-0.05, 0) is 27.7 Å². The van der Waals surface area contributed by atoms with Crippen molar-refractivity contribution < 1.29 is 0 Å². The molecule has 92 valence electrons. The Labute approximate surface area is 100 Å². The van der Waals surface area contributed by atoms with Crippen LogP contribution in [0.25, 0.3) is 5.65 Å². The number of fused-ring (bicyclic) bond motifs is 1. The Morgan fingerprint density at radius 3 is 2.59 bits per heavy atom. The first-order valence-electron chi connectivity index (χ1n) is 5.92. The van der Waals surface area contributed by atoms with Crippen molar-refractivity contribution in [2.75, 3.05) is 18.0 Å². The summed E-state index contributed by atoms with van der Waals surface area (Å²) < 4.78 is 1.80. The van der Waals surface area contributed by atoms with Crippen molar-refractivity contribution in [2.45, 2.75) is 27.7 Å². The standard InChI is InChI=1S/C12H18N4O/c1-5-15(6-2)11-9(4)14-16-8(3)7-10(17)13-12(11)16/h7H,5-6H2,1-4H3,(H,13,17). The summed E-state index contributed by atoms with van der Waals surface area (Å²) in [6, 6.07) is 1.56. The van der Waals surface area contributed by atoms with Crippen LogP contribution in [-0.4, -0.2) is 27.7 Å². The third-order valence-electron chi connectivity index (χ3n) is 3.02. The molecule has 0 aromatic carbocycles. The molecule has 5 heteroatoms. The Kier molecular flexibility index (Phi) is 2.92. The summed E-state index contributed by atoms with van der Waals surface area (Å²) in [5.41, 5.74) is 3.53. The number of anilines is 1. The monoisotopic (exact) mass is 234 g/mol. The van der Waals surface area contributed by atoms with Crippen LogP contribution in [0, 0.1) is 13.8 Å². The van der Waals surface area contributed by atoms with Gasteiger partial charge in [0.15, 0.2) is 5.65 Å². The zero-order valence-electron chi connectivity index (χ0n) is 10.7. The lowest BCUT2D eigenvalue weighted by Gasteiger charge is -2.20. The first-order valence-corrected chi connectivity index (χ1v) is 5.92. The smallest absolute Gasteiger partial charge is 0.251 e. The molecule has 2 aromatic heterocycles. The maximum absolute atomic E-state index is 11.5. The number of hydrogen-bond acceptors (Lipinski definition) is 3. The van der Waals surface area contributed by atoms with E-state index in [0.717, 1.165) is 35.8 Å². The lowest BCUT2D eigenvalue weighted by Crippen LogP contribution is -2.23. The highest BCUT2D eigenvalue weighted by atomic mass is 16.1. The summed E-state index contributed by atoms with van der Waals surface area (Å²) in [5, 5.41) is 4.48. The Morgan fingerprint density at radius 1 is 1.35 bits per heavy atom. The van der Waals surface area contributed by atoms with Crippen molar-refractivity contribution in [3.05, 3.63) is 27.8 Å². The van der Waals surface area contributed by atoms with Gasteiger partial charge in [0.2, 0.25) is 0 Å². The maximum Gasteiger partial charge on any atom is 0.251 e. The van der Waals surface area contributed by atoms with Gasteiger partial charge in [-0.3, -0.25) is 4.79 Å². The summed E-state index contributed by atoms with van der Waals surface area (Å²) in [4.78, 5) is 16.6.